The highest BCUT2D eigenvalue weighted by Crippen LogP contribution is 2.22. The minimum atomic E-state index is -0.514. The maximum atomic E-state index is 12.1. The molecule has 9 heteroatoms. The van der Waals surface area contributed by atoms with Crippen molar-refractivity contribution in [2.45, 2.75) is 0 Å². The lowest BCUT2D eigenvalue weighted by atomic mass is 10.2. The van der Waals surface area contributed by atoms with Crippen molar-refractivity contribution in [3.63, 3.8) is 0 Å². The van der Waals surface area contributed by atoms with Gasteiger partial charge < -0.3 is 10.1 Å². The number of hydrazone groups is 1. The Morgan fingerprint density at radius 1 is 0.882 bits per heavy atom. The maximum Gasteiger partial charge on any atom is 0.336 e. The van der Waals surface area contributed by atoms with Crippen LogP contribution in [0.4, 0.5) is 0 Å². The van der Waals surface area contributed by atoms with Crippen LogP contribution in [0, 0.1) is 0 Å². The van der Waals surface area contributed by atoms with Gasteiger partial charge in [0.2, 0.25) is 0 Å². The zero-order valence-corrected chi connectivity index (χ0v) is 19.2. The van der Waals surface area contributed by atoms with Crippen LogP contribution in [-0.2, 0) is 9.59 Å². The average Bonchev–Trinajstić information content (AvgIpc) is 2.84. The number of rotatable bonds is 8. The van der Waals surface area contributed by atoms with Crippen LogP contribution in [0.25, 0.3) is 6.08 Å². The summed E-state index contributed by atoms with van der Waals surface area (Å²) in [6.07, 6.45) is 4.43. The van der Waals surface area contributed by atoms with Gasteiger partial charge in [-0.1, -0.05) is 53.5 Å². The first kappa shape index (κ1) is 24.7. The summed E-state index contributed by atoms with van der Waals surface area (Å²) >= 11 is 11.7. The van der Waals surface area contributed by atoms with Crippen LogP contribution < -0.4 is 15.5 Å². The third kappa shape index (κ3) is 7.88. The van der Waals surface area contributed by atoms with Crippen molar-refractivity contribution in [2.75, 3.05) is 6.54 Å². The van der Waals surface area contributed by atoms with Gasteiger partial charge in [0.05, 0.1) is 22.8 Å². The average molecular weight is 496 g/mol. The summed E-state index contributed by atoms with van der Waals surface area (Å²) in [4.78, 5) is 35.9. The monoisotopic (exact) mass is 495 g/mol. The van der Waals surface area contributed by atoms with Gasteiger partial charge >= 0.3 is 5.97 Å². The van der Waals surface area contributed by atoms with E-state index >= 15 is 0 Å². The van der Waals surface area contributed by atoms with Crippen LogP contribution >= 0.6 is 23.2 Å². The van der Waals surface area contributed by atoms with E-state index in [0.29, 0.717) is 16.3 Å². The van der Waals surface area contributed by atoms with Crippen molar-refractivity contribution >= 4 is 53.3 Å². The molecule has 0 saturated carbocycles. The van der Waals surface area contributed by atoms with Gasteiger partial charge in [0.15, 0.2) is 0 Å². The summed E-state index contributed by atoms with van der Waals surface area (Å²) < 4.78 is 5.24. The van der Waals surface area contributed by atoms with E-state index in [1.807, 2.05) is 30.3 Å². The van der Waals surface area contributed by atoms with E-state index in [-0.39, 0.29) is 17.1 Å². The molecule has 0 heterocycles. The third-order valence-electron chi connectivity index (χ3n) is 4.30. The van der Waals surface area contributed by atoms with Crippen LogP contribution in [0.15, 0.2) is 84.0 Å². The van der Waals surface area contributed by atoms with Gasteiger partial charge in [0.25, 0.3) is 11.8 Å². The Morgan fingerprint density at radius 2 is 1.62 bits per heavy atom. The highest BCUT2D eigenvalue weighted by Gasteiger charge is 2.09. The highest BCUT2D eigenvalue weighted by molar-refractivity contribution is 6.42. The van der Waals surface area contributed by atoms with Crippen LogP contribution in [0.1, 0.15) is 21.5 Å². The molecule has 0 radical (unpaired) electrons. The number of nitrogens with zero attached hydrogens (tertiary/aromatic N) is 1. The van der Waals surface area contributed by atoms with Crippen molar-refractivity contribution in [2.24, 2.45) is 5.10 Å². The van der Waals surface area contributed by atoms with E-state index in [2.05, 4.69) is 15.8 Å². The summed E-state index contributed by atoms with van der Waals surface area (Å²) in [5, 5.41) is 6.87. The molecule has 0 aliphatic heterocycles. The standard InChI is InChI=1S/C25H19Cl2N3O4/c26-21-12-9-19(14-22(21)27)25(33)28-16-23(31)30-29-15-18-6-10-20(11-7-18)34-24(32)13-8-17-4-2-1-3-5-17/h1-15H,16H2,(H,28,33)(H,30,31). The van der Waals surface area contributed by atoms with Crippen LogP contribution in [0.3, 0.4) is 0 Å². The molecule has 3 rings (SSSR count). The summed E-state index contributed by atoms with van der Waals surface area (Å²) in [5.74, 6) is -1.11. The molecule has 2 N–H and O–H groups in total. The molecule has 0 spiro atoms. The van der Waals surface area contributed by atoms with E-state index in [4.69, 9.17) is 27.9 Å². The number of ether oxygens (including phenoxy) is 1. The Labute approximate surface area is 206 Å². The number of carbonyl (C=O) groups excluding carboxylic acids is 3. The molecule has 3 aromatic rings. The second-order valence-corrected chi connectivity index (χ2v) is 7.65. The molecule has 0 aliphatic rings. The summed E-state index contributed by atoms with van der Waals surface area (Å²) in [5.41, 5.74) is 4.15. The molecule has 0 saturated heterocycles. The highest BCUT2D eigenvalue weighted by atomic mass is 35.5. The second-order valence-electron chi connectivity index (χ2n) is 6.84. The van der Waals surface area contributed by atoms with E-state index in [9.17, 15) is 14.4 Å². The molecule has 0 aliphatic carbocycles. The smallest absolute Gasteiger partial charge is 0.336 e. The molecule has 0 aromatic heterocycles. The molecule has 2 amide bonds. The fraction of sp³-hybridized carbons (Fsp3) is 0.0400. The largest absolute Gasteiger partial charge is 0.423 e. The molecule has 0 unspecified atom stereocenters. The zero-order chi connectivity index (χ0) is 24.3. The molecule has 0 bridgehead atoms. The van der Waals surface area contributed by atoms with Gasteiger partial charge in [-0.25, -0.2) is 10.2 Å². The zero-order valence-electron chi connectivity index (χ0n) is 17.7. The maximum absolute atomic E-state index is 12.1. The van der Waals surface area contributed by atoms with Crippen molar-refractivity contribution in [3.05, 3.63) is 106 Å². The number of hydrogen-bond acceptors (Lipinski definition) is 5. The number of hydrogen-bond donors (Lipinski definition) is 2. The summed E-state index contributed by atoms with van der Waals surface area (Å²) in [7, 11) is 0. The number of esters is 1. The number of carbonyl (C=O) groups is 3. The third-order valence-corrected chi connectivity index (χ3v) is 5.04. The van der Waals surface area contributed by atoms with E-state index in [1.165, 1.54) is 30.5 Å². The van der Waals surface area contributed by atoms with Gasteiger partial charge in [-0.2, -0.15) is 5.10 Å². The minimum absolute atomic E-state index is 0.243. The SMILES string of the molecule is O=C(CNC(=O)c1ccc(Cl)c(Cl)c1)NN=Cc1ccc(OC(=O)C=Cc2ccccc2)cc1. The van der Waals surface area contributed by atoms with E-state index < -0.39 is 17.8 Å². The minimum Gasteiger partial charge on any atom is -0.423 e. The number of halogens is 2. The molecule has 0 fully saturated rings. The molecule has 34 heavy (non-hydrogen) atoms. The number of benzene rings is 3. The lowest BCUT2D eigenvalue weighted by molar-refractivity contribution is -0.129. The predicted octanol–water partition coefficient (Wildman–Crippen LogP) is 4.49. The Morgan fingerprint density at radius 3 is 2.32 bits per heavy atom. The van der Waals surface area contributed by atoms with Crippen LogP contribution in [-0.4, -0.2) is 30.5 Å². The predicted molar refractivity (Wildman–Crippen MR) is 132 cm³/mol. The number of amides is 2. The van der Waals surface area contributed by atoms with E-state index in [1.54, 1.807) is 30.3 Å². The molecule has 7 nitrogen and oxygen atoms in total. The molecular formula is C25H19Cl2N3O4. The van der Waals surface area contributed by atoms with Crippen LogP contribution in [0.5, 0.6) is 5.75 Å². The van der Waals surface area contributed by atoms with Gasteiger partial charge in [-0.15, -0.1) is 0 Å². The summed E-state index contributed by atoms with van der Waals surface area (Å²) in [6.45, 7) is -0.276. The van der Waals surface area contributed by atoms with Gasteiger partial charge in [0, 0.05) is 11.6 Å². The second kappa shape index (κ2) is 12.3. The number of nitrogens with one attached hydrogen (secondary N) is 2. The van der Waals surface area contributed by atoms with Crippen molar-refractivity contribution in [1.82, 2.24) is 10.7 Å². The Kier molecular flexibility index (Phi) is 8.96. The Hall–Kier alpha value is -3.94. The quantitative estimate of drug-likeness (QED) is 0.158. The fourth-order valence-electron chi connectivity index (χ4n) is 2.62. The first-order chi connectivity index (χ1) is 16.4. The van der Waals surface area contributed by atoms with Gasteiger partial charge in [-0.05, 0) is 59.7 Å². The lowest BCUT2D eigenvalue weighted by Crippen LogP contribution is -2.34. The van der Waals surface area contributed by atoms with Gasteiger partial charge in [-0.3, -0.25) is 9.59 Å². The Bertz CT molecular complexity index is 1230. The molecule has 0 atom stereocenters. The van der Waals surface area contributed by atoms with Crippen molar-refractivity contribution in [1.29, 1.82) is 0 Å². The molecular weight excluding hydrogens is 477 g/mol. The first-order valence-electron chi connectivity index (χ1n) is 10.0. The topological polar surface area (TPSA) is 96.9 Å². The molecule has 3 aromatic carbocycles. The first-order valence-corrected chi connectivity index (χ1v) is 10.8. The fourth-order valence-corrected chi connectivity index (χ4v) is 2.92. The normalized spacial score (nSPS) is 10.9. The van der Waals surface area contributed by atoms with Crippen LogP contribution in [0.2, 0.25) is 10.0 Å². The van der Waals surface area contributed by atoms with E-state index in [0.717, 1.165) is 5.56 Å². The van der Waals surface area contributed by atoms with Crippen molar-refractivity contribution < 1.29 is 19.1 Å². The van der Waals surface area contributed by atoms with Crippen molar-refractivity contribution in [3.8, 4) is 5.75 Å². The van der Waals surface area contributed by atoms with Gasteiger partial charge in [0.1, 0.15) is 5.75 Å². The summed E-state index contributed by atoms with van der Waals surface area (Å²) in [6, 6.07) is 20.4. The molecule has 172 valence electrons. The Balaban J connectivity index is 1.42. The lowest BCUT2D eigenvalue weighted by Gasteiger charge is -2.05.